The van der Waals surface area contributed by atoms with Crippen molar-refractivity contribution in [2.24, 2.45) is 0 Å². The zero-order valence-electron chi connectivity index (χ0n) is 13.6. The number of nitrogens with one attached hydrogen (secondary N) is 1. The Labute approximate surface area is 136 Å². The summed E-state index contributed by atoms with van der Waals surface area (Å²) in [6, 6.07) is 10.9. The van der Waals surface area contributed by atoms with Crippen LogP contribution in [0.4, 0.5) is 0 Å². The second-order valence-electron chi connectivity index (χ2n) is 6.29. The van der Waals surface area contributed by atoms with Crippen LogP contribution in [0, 0.1) is 6.92 Å². The van der Waals surface area contributed by atoms with Crippen LogP contribution in [0.5, 0.6) is 0 Å². The third-order valence-electron chi connectivity index (χ3n) is 4.67. The number of pyridine rings is 1. The molecule has 0 spiro atoms. The predicted octanol–water partition coefficient (Wildman–Crippen LogP) is 4.01. The molecule has 2 aromatic heterocycles. The molecule has 0 bridgehead atoms. The van der Waals surface area contributed by atoms with E-state index in [4.69, 9.17) is 0 Å². The van der Waals surface area contributed by atoms with Crippen LogP contribution in [-0.2, 0) is 13.0 Å². The summed E-state index contributed by atoms with van der Waals surface area (Å²) in [4.78, 5) is 4.11. The Bertz CT molecular complexity index is 888. The highest BCUT2D eigenvalue weighted by atomic mass is 15.0. The second kappa shape index (κ2) is 5.67. The van der Waals surface area contributed by atoms with Crippen LogP contribution >= 0.6 is 0 Å². The van der Waals surface area contributed by atoms with Gasteiger partial charge in [-0.05, 0) is 54.8 Å². The average molecular weight is 303 g/mol. The highest BCUT2D eigenvalue weighted by molar-refractivity contribution is 5.90. The average Bonchev–Trinajstić information content (AvgIpc) is 2.89. The first-order chi connectivity index (χ1) is 11.2. The van der Waals surface area contributed by atoms with E-state index in [0.29, 0.717) is 0 Å². The van der Waals surface area contributed by atoms with Crippen LogP contribution in [-0.4, -0.2) is 16.1 Å². The number of hydrogen-bond donors (Lipinski definition) is 1. The van der Waals surface area contributed by atoms with Gasteiger partial charge in [-0.3, -0.25) is 4.98 Å². The van der Waals surface area contributed by atoms with Crippen molar-refractivity contribution in [2.75, 3.05) is 6.54 Å². The Hall–Kier alpha value is -2.39. The van der Waals surface area contributed by atoms with E-state index in [-0.39, 0.29) is 0 Å². The maximum Gasteiger partial charge on any atom is 0.0529 e. The standard InChI is InChI=1S/C20H21N3/c1-14-3-4-19-17(11-14)18-12-22-10-7-20(18)23(19)13-15(2)16-5-8-21-9-6-16/h3-6,8-9,11,13,22H,7,10,12H2,1-2H3. The summed E-state index contributed by atoms with van der Waals surface area (Å²) in [6.45, 7) is 6.34. The minimum atomic E-state index is 0.963. The molecule has 0 fully saturated rings. The Kier molecular flexibility index (Phi) is 3.50. The largest absolute Gasteiger partial charge is 0.320 e. The number of rotatable bonds is 2. The molecule has 1 aliphatic heterocycles. The van der Waals surface area contributed by atoms with E-state index < -0.39 is 0 Å². The molecule has 0 saturated carbocycles. The molecular formula is C20H21N3. The summed E-state index contributed by atoms with van der Waals surface area (Å²) in [5, 5.41) is 4.89. The number of allylic oxidation sites excluding steroid dienone is 1. The van der Waals surface area contributed by atoms with Crippen molar-refractivity contribution < 1.29 is 0 Å². The summed E-state index contributed by atoms with van der Waals surface area (Å²) in [5.41, 5.74) is 7.99. The lowest BCUT2D eigenvalue weighted by Crippen LogP contribution is -2.24. The Balaban J connectivity index is 1.93. The summed E-state index contributed by atoms with van der Waals surface area (Å²) in [7, 11) is 0. The van der Waals surface area contributed by atoms with Crippen LogP contribution in [0.3, 0.4) is 0 Å². The maximum absolute atomic E-state index is 4.11. The molecule has 3 nitrogen and oxygen atoms in total. The topological polar surface area (TPSA) is 29.9 Å². The first-order valence-corrected chi connectivity index (χ1v) is 8.16. The summed E-state index contributed by atoms with van der Waals surface area (Å²) in [5.74, 6) is 0. The van der Waals surface area contributed by atoms with Crippen molar-refractivity contribution in [1.82, 2.24) is 14.9 Å². The fourth-order valence-corrected chi connectivity index (χ4v) is 3.47. The minimum absolute atomic E-state index is 0.963. The van der Waals surface area contributed by atoms with Gasteiger partial charge in [0.1, 0.15) is 0 Å². The van der Waals surface area contributed by atoms with Crippen LogP contribution in [0.25, 0.3) is 22.7 Å². The Morgan fingerprint density at radius 3 is 2.87 bits per heavy atom. The zero-order valence-corrected chi connectivity index (χ0v) is 13.6. The van der Waals surface area contributed by atoms with Crippen molar-refractivity contribution >= 4 is 22.7 Å². The lowest BCUT2D eigenvalue weighted by atomic mass is 10.0. The first kappa shape index (κ1) is 14.2. The van der Waals surface area contributed by atoms with Gasteiger partial charge in [-0.1, -0.05) is 11.6 Å². The molecule has 116 valence electrons. The van der Waals surface area contributed by atoms with Crippen molar-refractivity contribution in [3.05, 3.63) is 65.1 Å². The molecule has 23 heavy (non-hydrogen) atoms. The van der Waals surface area contributed by atoms with Crippen LogP contribution in [0.15, 0.2) is 42.7 Å². The van der Waals surface area contributed by atoms with Crippen LogP contribution in [0.1, 0.15) is 29.3 Å². The molecule has 0 atom stereocenters. The van der Waals surface area contributed by atoms with E-state index in [0.717, 1.165) is 19.5 Å². The molecular weight excluding hydrogens is 282 g/mol. The third-order valence-corrected chi connectivity index (χ3v) is 4.67. The van der Waals surface area contributed by atoms with E-state index >= 15 is 0 Å². The van der Waals surface area contributed by atoms with Crippen LogP contribution in [0.2, 0.25) is 0 Å². The van der Waals surface area contributed by atoms with E-state index in [9.17, 15) is 0 Å². The summed E-state index contributed by atoms with van der Waals surface area (Å²) in [6.07, 6.45) is 7.05. The van der Waals surface area contributed by atoms with E-state index in [2.05, 4.69) is 65.2 Å². The van der Waals surface area contributed by atoms with Gasteiger partial charge in [-0.2, -0.15) is 0 Å². The van der Waals surface area contributed by atoms with E-state index in [1.54, 1.807) is 0 Å². The van der Waals surface area contributed by atoms with Gasteiger partial charge in [0, 0.05) is 49.2 Å². The number of nitrogens with zero attached hydrogens (tertiary/aromatic N) is 2. The van der Waals surface area contributed by atoms with Gasteiger partial charge in [0.15, 0.2) is 0 Å². The van der Waals surface area contributed by atoms with Gasteiger partial charge in [0.05, 0.1) is 5.52 Å². The molecule has 0 radical (unpaired) electrons. The lowest BCUT2D eigenvalue weighted by Gasteiger charge is -2.15. The number of fused-ring (bicyclic) bond motifs is 3. The van der Waals surface area contributed by atoms with Gasteiger partial charge in [-0.15, -0.1) is 0 Å². The highest BCUT2D eigenvalue weighted by Gasteiger charge is 2.19. The highest BCUT2D eigenvalue weighted by Crippen LogP contribution is 2.31. The Morgan fingerprint density at radius 1 is 1.22 bits per heavy atom. The third kappa shape index (κ3) is 2.47. The molecule has 3 aromatic rings. The number of aryl methyl sites for hydroxylation is 1. The van der Waals surface area contributed by atoms with E-state index in [1.165, 1.54) is 38.9 Å². The molecule has 1 aromatic carbocycles. The maximum atomic E-state index is 4.11. The fraction of sp³-hybridized carbons (Fsp3) is 0.250. The first-order valence-electron chi connectivity index (χ1n) is 8.16. The molecule has 0 amide bonds. The van der Waals surface area contributed by atoms with Crippen molar-refractivity contribution in [2.45, 2.75) is 26.8 Å². The quantitative estimate of drug-likeness (QED) is 0.775. The SMILES string of the molecule is CC(=Cn1c2c(c3cc(C)ccc31)CNCC2)c1ccncc1. The zero-order chi connectivity index (χ0) is 15.8. The number of hydrogen-bond acceptors (Lipinski definition) is 2. The predicted molar refractivity (Wildman–Crippen MR) is 96.2 cm³/mol. The normalized spacial score (nSPS) is 15.0. The molecule has 0 unspecified atom stereocenters. The van der Waals surface area contributed by atoms with E-state index in [1.807, 2.05) is 12.4 Å². The van der Waals surface area contributed by atoms with Gasteiger partial charge >= 0.3 is 0 Å². The second-order valence-corrected chi connectivity index (χ2v) is 6.29. The fourth-order valence-electron chi connectivity index (χ4n) is 3.47. The summed E-state index contributed by atoms with van der Waals surface area (Å²) < 4.78 is 2.39. The molecule has 1 aliphatic rings. The lowest BCUT2D eigenvalue weighted by molar-refractivity contribution is 0.634. The molecule has 1 N–H and O–H groups in total. The summed E-state index contributed by atoms with van der Waals surface area (Å²) >= 11 is 0. The number of aromatic nitrogens is 2. The molecule has 3 heterocycles. The number of benzene rings is 1. The van der Waals surface area contributed by atoms with Gasteiger partial charge in [-0.25, -0.2) is 0 Å². The van der Waals surface area contributed by atoms with Gasteiger partial charge in [0.2, 0.25) is 0 Å². The molecule has 0 aliphatic carbocycles. The molecule has 4 rings (SSSR count). The van der Waals surface area contributed by atoms with Crippen LogP contribution < -0.4 is 5.32 Å². The van der Waals surface area contributed by atoms with Crippen molar-refractivity contribution in [3.8, 4) is 0 Å². The van der Waals surface area contributed by atoms with Crippen molar-refractivity contribution in [1.29, 1.82) is 0 Å². The molecule has 3 heteroatoms. The van der Waals surface area contributed by atoms with Gasteiger partial charge in [0.25, 0.3) is 0 Å². The van der Waals surface area contributed by atoms with Gasteiger partial charge < -0.3 is 9.88 Å². The smallest absolute Gasteiger partial charge is 0.0529 e. The Morgan fingerprint density at radius 2 is 2.04 bits per heavy atom. The van der Waals surface area contributed by atoms with Crippen molar-refractivity contribution in [3.63, 3.8) is 0 Å². The monoisotopic (exact) mass is 303 g/mol. The minimum Gasteiger partial charge on any atom is -0.320 e. The molecule has 0 saturated heterocycles.